The minimum absolute atomic E-state index is 0.0453. The molecule has 1 atom stereocenters. The van der Waals surface area contributed by atoms with Crippen LogP contribution in [0.5, 0.6) is 5.75 Å². The second-order valence-electron chi connectivity index (χ2n) is 3.35. The quantitative estimate of drug-likeness (QED) is 0.480. The van der Waals surface area contributed by atoms with E-state index in [9.17, 15) is 14.7 Å². The molecule has 0 fully saturated rings. The van der Waals surface area contributed by atoms with Crippen LogP contribution in [0.25, 0.3) is 0 Å². The van der Waals surface area contributed by atoms with Gasteiger partial charge in [0.1, 0.15) is 5.75 Å². The molecule has 0 unspecified atom stereocenters. The predicted octanol–water partition coefficient (Wildman–Crippen LogP) is 0.777. The van der Waals surface area contributed by atoms with Gasteiger partial charge in [-0.05, 0) is 57.3 Å². The van der Waals surface area contributed by atoms with Crippen molar-refractivity contribution in [1.29, 1.82) is 0 Å². The first-order valence-electron chi connectivity index (χ1n) is 4.70. The normalized spacial score (nSPS) is 11.9. The number of phenolic OH excluding ortho intramolecular Hbond substituents is 1. The third-order valence-corrected chi connectivity index (χ3v) is 3.46. The van der Waals surface area contributed by atoms with Gasteiger partial charge in [0.2, 0.25) is 0 Å². The number of amides is 1. The highest BCUT2D eigenvalue weighted by Gasteiger charge is 2.18. The molecule has 0 bridgehead atoms. The third-order valence-electron chi connectivity index (χ3n) is 2.01. The number of aliphatic carboxylic acids is 1. The molecule has 0 saturated carbocycles. The number of hydrogen-bond acceptors (Lipinski definition) is 4. The molecule has 0 aliphatic rings. The van der Waals surface area contributed by atoms with E-state index in [4.69, 9.17) is 10.2 Å². The lowest BCUT2D eigenvalue weighted by Crippen LogP contribution is -2.36. The van der Waals surface area contributed by atoms with E-state index in [1.54, 1.807) is 6.07 Å². The number of hydrogen-bond donors (Lipinski definition) is 4. The molecular formula is C10H9I2NO5. The summed E-state index contributed by atoms with van der Waals surface area (Å²) in [4.78, 5) is 22.1. The Hall–Kier alpha value is -0.620. The highest BCUT2D eigenvalue weighted by atomic mass is 127. The Labute approximate surface area is 130 Å². The molecule has 0 aromatic heterocycles. The number of nitrogens with one attached hydrogen (secondary N) is 1. The Morgan fingerprint density at radius 1 is 1.33 bits per heavy atom. The number of aliphatic hydroxyl groups is 1. The minimum Gasteiger partial charge on any atom is -0.506 e. The summed E-state index contributed by atoms with van der Waals surface area (Å²) in [7, 11) is 0. The lowest BCUT2D eigenvalue weighted by Gasteiger charge is -2.10. The van der Waals surface area contributed by atoms with Crippen LogP contribution in [0.3, 0.4) is 0 Å². The van der Waals surface area contributed by atoms with Gasteiger partial charge in [-0.3, -0.25) is 4.79 Å². The fourth-order valence-corrected chi connectivity index (χ4v) is 2.96. The topological polar surface area (TPSA) is 107 Å². The largest absolute Gasteiger partial charge is 0.506 e. The molecule has 4 N–H and O–H groups in total. The highest BCUT2D eigenvalue weighted by molar-refractivity contribution is 14.1. The zero-order chi connectivity index (χ0) is 13.9. The number of rotatable bonds is 4. The summed E-state index contributed by atoms with van der Waals surface area (Å²) >= 11 is 3.88. The van der Waals surface area contributed by atoms with Crippen molar-refractivity contribution in [3.8, 4) is 5.75 Å². The lowest BCUT2D eigenvalue weighted by atomic mass is 10.2. The molecule has 8 heteroatoms. The molecule has 6 nitrogen and oxygen atoms in total. The summed E-state index contributed by atoms with van der Waals surface area (Å²) in [6.45, 7) is -0.421. The molecule has 0 radical (unpaired) electrons. The number of aromatic hydroxyl groups is 1. The second kappa shape index (κ2) is 6.52. The maximum absolute atomic E-state index is 11.7. The Kier molecular flexibility index (Phi) is 5.59. The van der Waals surface area contributed by atoms with Gasteiger partial charge in [-0.2, -0.15) is 0 Å². The van der Waals surface area contributed by atoms with E-state index >= 15 is 0 Å². The van der Waals surface area contributed by atoms with Gasteiger partial charge >= 0.3 is 5.97 Å². The van der Waals surface area contributed by atoms with Gasteiger partial charge in [0.15, 0.2) is 6.10 Å². The van der Waals surface area contributed by atoms with Crippen LogP contribution in [0.15, 0.2) is 12.1 Å². The molecule has 18 heavy (non-hydrogen) atoms. The molecule has 1 rings (SSSR count). The zero-order valence-electron chi connectivity index (χ0n) is 8.85. The van der Waals surface area contributed by atoms with Crippen molar-refractivity contribution < 1.29 is 24.9 Å². The van der Waals surface area contributed by atoms with Crippen LogP contribution in [-0.2, 0) is 4.79 Å². The fourth-order valence-electron chi connectivity index (χ4n) is 1.11. The highest BCUT2D eigenvalue weighted by Crippen LogP contribution is 2.26. The minimum atomic E-state index is -1.67. The van der Waals surface area contributed by atoms with Crippen molar-refractivity contribution in [2.75, 3.05) is 6.54 Å². The average Bonchev–Trinajstić information content (AvgIpc) is 2.29. The van der Waals surface area contributed by atoms with Gasteiger partial charge in [0, 0.05) is 3.57 Å². The van der Waals surface area contributed by atoms with E-state index in [-0.39, 0.29) is 11.3 Å². The summed E-state index contributed by atoms with van der Waals surface area (Å²) in [6, 6.07) is 3.17. The number of carbonyl (C=O) groups excluding carboxylic acids is 1. The molecule has 1 aromatic carbocycles. The third kappa shape index (κ3) is 3.95. The van der Waals surface area contributed by atoms with Crippen LogP contribution in [0.4, 0.5) is 0 Å². The molecule has 0 aliphatic heterocycles. The van der Waals surface area contributed by atoms with Crippen LogP contribution in [-0.4, -0.2) is 39.8 Å². The Morgan fingerprint density at radius 2 is 1.94 bits per heavy atom. The number of carboxylic acids is 1. The number of benzene rings is 1. The van der Waals surface area contributed by atoms with Crippen molar-refractivity contribution in [3.63, 3.8) is 0 Å². The van der Waals surface area contributed by atoms with E-state index in [1.807, 2.05) is 45.2 Å². The van der Waals surface area contributed by atoms with E-state index in [0.29, 0.717) is 3.57 Å². The van der Waals surface area contributed by atoms with Crippen molar-refractivity contribution >= 4 is 57.1 Å². The van der Waals surface area contributed by atoms with Crippen LogP contribution in [0, 0.1) is 7.14 Å². The molecule has 0 saturated heterocycles. The number of carbonyl (C=O) groups is 2. The number of phenols is 1. The summed E-state index contributed by atoms with van der Waals surface area (Å²) in [5.41, 5.74) is 0.0453. The zero-order valence-corrected chi connectivity index (χ0v) is 13.2. The lowest BCUT2D eigenvalue weighted by molar-refractivity contribution is -0.146. The Morgan fingerprint density at radius 3 is 2.50 bits per heavy atom. The van der Waals surface area contributed by atoms with Crippen LogP contribution < -0.4 is 5.32 Å². The molecule has 0 aliphatic carbocycles. The van der Waals surface area contributed by atoms with Crippen molar-refractivity contribution in [2.24, 2.45) is 0 Å². The van der Waals surface area contributed by atoms with E-state index in [1.165, 1.54) is 6.07 Å². The fraction of sp³-hybridized carbons (Fsp3) is 0.200. The van der Waals surface area contributed by atoms with E-state index < -0.39 is 24.5 Å². The first-order chi connectivity index (χ1) is 8.32. The smallest absolute Gasteiger partial charge is 0.334 e. The van der Waals surface area contributed by atoms with Gasteiger partial charge in [-0.25, -0.2) is 4.79 Å². The number of halogens is 2. The maximum atomic E-state index is 11.7. The molecule has 0 spiro atoms. The van der Waals surface area contributed by atoms with Crippen LogP contribution in [0.2, 0.25) is 0 Å². The molecule has 1 amide bonds. The van der Waals surface area contributed by atoms with E-state index in [0.717, 1.165) is 3.57 Å². The first kappa shape index (κ1) is 15.4. The summed E-state index contributed by atoms with van der Waals surface area (Å²) in [5, 5.41) is 29.4. The summed E-state index contributed by atoms with van der Waals surface area (Å²) in [6.07, 6.45) is -1.67. The summed E-state index contributed by atoms with van der Waals surface area (Å²) < 4.78 is 1.28. The van der Waals surface area contributed by atoms with E-state index in [2.05, 4.69) is 5.32 Å². The average molecular weight is 477 g/mol. The predicted molar refractivity (Wildman–Crippen MR) is 79.5 cm³/mol. The van der Waals surface area contributed by atoms with Crippen LogP contribution in [0.1, 0.15) is 10.4 Å². The van der Waals surface area contributed by atoms with Gasteiger partial charge in [-0.15, -0.1) is 0 Å². The van der Waals surface area contributed by atoms with Crippen LogP contribution >= 0.6 is 45.2 Å². The molecule has 1 aromatic rings. The SMILES string of the molecule is O=C(NC[C@H](O)C(=O)O)c1cc(I)cc(I)c1O. The van der Waals surface area contributed by atoms with Gasteiger partial charge in [0.25, 0.3) is 5.91 Å². The number of carboxylic acid groups (broad SMARTS) is 1. The Balaban J connectivity index is 2.82. The van der Waals surface area contributed by atoms with Crippen molar-refractivity contribution in [2.45, 2.75) is 6.10 Å². The second-order valence-corrected chi connectivity index (χ2v) is 5.76. The summed E-state index contributed by atoms with van der Waals surface area (Å²) in [5.74, 6) is -2.22. The van der Waals surface area contributed by atoms with Crippen molar-refractivity contribution in [3.05, 3.63) is 24.8 Å². The van der Waals surface area contributed by atoms with Gasteiger partial charge in [0.05, 0.1) is 15.7 Å². The number of aliphatic hydroxyl groups excluding tert-OH is 1. The first-order valence-corrected chi connectivity index (χ1v) is 6.85. The van der Waals surface area contributed by atoms with Gasteiger partial charge < -0.3 is 20.6 Å². The molecule has 98 valence electrons. The van der Waals surface area contributed by atoms with Gasteiger partial charge in [-0.1, -0.05) is 0 Å². The monoisotopic (exact) mass is 477 g/mol. The molecular weight excluding hydrogens is 468 g/mol. The van der Waals surface area contributed by atoms with Crippen molar-refractivity contribution in [1.82, 2.24) is 5.32 Å². The standard InChI is InChI=1S/C10H9I2NO5/c11-4-1-5(8(15)6(12)2-4)9(16)13-3-7(14)10(17)18/h1-2,7,14-15H,3H2,(H,13,16)(H,17,18)/t7-/m0/s1. The maximum Gasteiger partial charge on any atom is 0.334 e. The molecule has 0 heterocycles. The Bertz CT molecular complexity index is 491.